The van der Waals surface area contributed by atoms with Gasteiger partial charge in [0.05, 0.1) is 0 Å². The van der Waals surface area contributed by atoms with E-state index in [0.717, 1.165) is 5.56 Å². The molecule has 0 spiro atoms. The second kappa shape index (κ2) is 4.15. The van der Waals surface area contributed by atoms with E-state index < -0.39 is 12.5 Å². The lowest BCUT2D eigenvalue weighted by Gasteiger charge is -2.11. The second-order valence-electron chi connectivity index (χ2n) is 2.80. The highest BCUT2D eigenvalue weighted by Crippen LogP contribution is 2.28. The van der Waals surface area contributed by atoms with Crippen molar-refractivity contribution in [3.8, 4) is 0 Å². The number of hydrogen-bond donors (Lipinski definition) is 1. The van der Waals surface area contributed by atoms with Crippen molar-refractivity contribution in [3.63, 3.8) is 0 Å². The molecule has 1 N–H and O–H groups in total. The molecule has 0 aliphatic carbocycles. The third kappa shape index (κ3) is 2.48. The van der Waals surface area contributed by atoms with Gasteiger partial charge in [0.15, 0.2) is 0 Å². The van der Waals surface area contributed by atoms with Crippen LogP contribution in [-0.4, -0.2) is 11.5 Å². The molecule has 1 atom stereocenters. The van der Waals surface area contributed by atoms with Gasteiger partial charge in [-0.05, 0) is 18.6 Å². The molecule has 0 unspecified atom stereocenters. The van der Waals surface area contributed by atoms with E-state index in [9.17, 15) is 8.78 Å². The number of aryl methyl sites for hydroxylation is 1. The van der Waals surface area contributed by atoms with Crippen molar-refractivity contribution in [2.75, 3.05) is 0 Å². The first-order chi connectivity index (χ1) is 6.02. The van der Waals surface area contributed by atoms with E-state index in [4.69, 9.17) is 5.11 Å². The molecule has 0 heterocycles. The number of halogens is 3. The zero-order valence-corrected chi connectivity index (χ0v) is 8.55. The minimum atomic E-state index is -2.75. The zero-order chi connectivity index (χ0) is 10.0. The molecule has 0 radical (unpaired) electrons. The summed E-state index contributed by atoms with van der Waals surface area (Å²) in [7, 11) is 0. The van der Waals surface area contributed by atoms with Crippen LogP contribution in [0.3, 0.4) is 0 Å². The molecule has 1 rings (SSSR count). The Bertz CT molecular complexity index is 302. The van der Waals surface area contributed by atoms with Crippen LogP contribution in [0, 0.1) is 6.92 Å². The smallest absolute Gasteiger partial charge is 0.268 e. The van der Waals surface area contributed by atoms with E-state index in [2.05, 4.69) is 15.9 Å². The molecule has 0 aliphatic heterocycles. The van der Waals surface area contributed by atoms with Crippen LogP contribution in [0.4, 0.5) is 8.78 Å². The lowest BCUT2D eigenvalue weighted by Crippen LogP contribution is -2.08. The Morgan fingerprint density at radius 1 is 1.38 bits per heavy atom. The summed E-state index contributed by atoms with van der Waals surface area (Å²) in [5, 5.41) is 9.09. The molecule has 0 bridgehead atoms. The average molecular weight is 251 g/mol. The summed E-state index contributed by atoms with van der Waals surface area (Å²) >= 11 is 3.12. The fraction of sp³-hybridized carbons (Fsp3) is 0.333. The third-order valence-corrected chi connectivity index (χ3v) is 2.40. The lowest BCUT2D eigenvalue weighted by molar-refractivity contribution is -0.00618. The van der Waals surface area contributed by atoms with Gasteiger partial charge in [0.2, 0.25) is 0 Å². The topological polar surface area (TPSA) is 20.2 Å². The van der Waals surface area contributed by atoms with Gasteiger partial charge in [-0.1, -0.05) is 28.1 Å². The maximum Gasteiger partial charge on any atom is 0.268 e. The molecule has 1 nitrogen and oxygen atoms in total. The Morgan fingerprint density at radius 3 is 2.46 bits per heavy atom. The highest BCUT2D eigenvalue weighted by molar-refractivity contribution is 9.10. The van der Waals surface area contributed by atoms with Gasteiger partial charge in [0, 0.05) is 10.0 Å². The van der Waals surface area contributed by atoms with E-state index in [0.29, 0.717) is 4.47 Å². The Kier molecular flexibility index (Phi) is 3.39. The SMILES string of the molecule is Cc1ccc([C@@H](O)C(F)F)c(Br)c1. The minimum Gasteiger partial charge on any atom is -0.382 e. The van der Waals surface area contributed by atoms with Gasteiger partial charge in [-0.2, -0.15) is 0 Å². The summed E-state index contributed by atoms with van der Waals surface area (Å²) in [4.78, 5) is 0. The van der Waals surface area contributed by atoms with Gasteiger partial charge in [-0.25, -0.2) is 8.78 Å². The Hall–Kier alpha value is -0.480. The molecule has 4 heteroatoms. The van der Waals surface area contributed by atoms with Crippen molar-refractivity contribution in [2.45, 2.75) is 19.5 Å². The van der Waals surface area contributed by atoms with Crippen molar-refractivity contribution < 1.29 is 13.9 Å². The number of benzene rings is 1. The van der Waals surface area contributed by atoms with Gasteiger partial charge in [-0.3, -0.25) is 0 Å². The third-order valence-electron chi connectivity index (χ3n) is 1.71. The van der Waals surface area contributed by atoms with Crippen molar-refractivity contribution in [3.05, 3.63) is 33.8 Å². The number of aliphatic hydroxyl groups excluding tert-OH is 1. The highest BCUT2D eigenvalue weighted by atomic mass is 79.9. The van der Waals surface area contributed by atoms with E-state index in [1.54, 1.807) is 12.1 Å². The van der Waals surface area contributed by atoms with Crippen LogP contribution in [0.15, 0.2) is 22.7 Å². The number of alkyl halides is 2. The van der Waals surface area contributed by atoms with Crippen LogP contribution in [-0.2, 0) is 0 Å². The molecule has 1 aromatic rings. The monoisotopic (exact) mass is 250 g/mol. The number of aliphatic hydroxyl groups is 1. The van der Waals surface area contributed by atoms with Crippen LogP contribution in [0.2, 0.25) is 0 Å². The van der Waals surface area contributed by atoms with Crippen LogP contribution < -0.4 is 0 Å². The van der Waals surface area contributed by atoms with E-state index in [1.807, 2.05) is 6.92 Å². The molecular formula is C9H9BrF2O. The van der Waals surface area contributed by atoms with E-state index in [1.165, 1.54) is 6.07 Å². The van der Waals surface area contributed by atoms with Crippen molar-refractivity contribution in [1.82, 2.24) is 0 Å². The number of rotatable bonds is 2. The second-order valence-corrected chi connectivity index (χ2v) is 3.66. The molecule has 72 valence electrons. The summed E-state index contributed by atoms with van der Waals surface area (Å²) in [5.41, 5.74) is 1.18. The lowest BCUT2D eigenvalue weighted by atomic mass is 10.1. The molecule has 1 aromatic carbocycles. The highest BCUT2D eigenvalue weighted by Gasteiger charge is 2.20. The number of hydrogen-bond acceptors (Lipinski definition) is 1. The normalized spacial score (nSPS) is 13.4. The standard InChI is InChI=1S/C9H9BrF2O/c1-5-2-3-6(7(10)4-5)8(13)9(11)12/h2-4,8-9,13H,1H3/t8-/m1/s1. The van der Waals surface area contributed by atoms with Gasteiger partial charge in [0.25, 0.3) is 6.43 Å². The Morgan fingerprint density at radius 2 is 2.00 bits per heavy atom. The average Bonchev–Trinajstić information content (AvgIpc) is 2.03. The van der Waals surface area contributed by atoms with Crippen LogP contribution >= 0.6 is 15.9 Å². The molecule has 13 heavy (non-hydrogen) atoms. The molecule has 0 saturated heterocycles. The Balaban J connectivity index is 3.01. The largest absolute Gasteiger partial charge is 0.382 e. The molecule has 0 aliphatic rings. The predicted molar refractivity (Wildman–Crippen MR) is 49.8 cm³/mol. The van der Waals surface area contributed by atoms with Gasteiger partial charge < -0.3 is 5.11 Å². The molecule has 0 aromatic heterocycles. The first-order valence-electron chi connectivity index (χ1n) is 3.74. The van der Waals surface area contributed by atoms with Crippen molar-refractivity contribution in [1.29, 1.82) is 0 Å². The minimum absolute atomic E-state index is 0.223. The summed E-state index contributed by atoms with van der Waals surface area (Å²) in [5.74, 6) is 0. The first-order valence-corrected chi connectivity index (χ1v) is 4.54. The first kappa shape index (κ1) is 10.6. The molecule has 0 saturated carbocycles. The van der Waals surface area contributed by atoms with Gasteiger partial charge in [-0.15, -0.1) is 0 Å². The van der Waals surface area contributed by atoms with E-state index >= 15 is 0 Å². The summed E-state index contributed by atoms with van der Waals surface area (Å²) in [6, 6.07) is 4.88. The summed E-state index contributed by atoms with van der Waals surface area (Å²) < 4.78 is 24.8. The zero-order valence-electron chi connectivity index (χ0n) is 6.97. The molecular weight excluding hydrogens is 242 g/mol. The fourth-order valence-corrected chi connectivity index (χ4v) is 1.74. The maximum atomic E-state index is 12.1. The van der Waals surface area contributed by atoms with Crippen LogP contribution in [0.25, 0.3) is 0 Å². The summed E-state index contributed by atoms with van der Waals surface area (Å²) in [6.07, 6.45) is -4.46. The Labute approximate surface area is 83.5 Å². The molecule has 0 amide bonds. The van der Waals surface area contributed by atoms with Crippen molar-refractivity contribution >= 4 is 15.9 Å². The fourth-order valence-electron chi connectivity index (χ4n) is 1.01. The predicted octanol–water partition coefficient (Wildman–Crippen LogP) is 3.06. The van der Waals surface area contributed by atoms with E-state index in [-0.39, 0.29) is 5.56 Å². The van der Waals surface area contributed by atoms with Crippen LogP contribution in [0.5, 0.6) is 0 Å². The quantitative estimate of drug-likeness (QED) is 0.856. The van der Waals surface area contributed by atoms with Crippen LogP contribution in [0.1, 0.15) is 17.2 Å². The maximum absolute atomic E-state index is 12.1. The van der Waals surface area contributed by atoms with Gasteiger partial charge in [0.1, 0.15) is 6.10 Å². The molecule has 0 fully saturated rings. The summed E-state index contributed by atoms with van der Waals surface area (Å²) in [6.45, 7) is 1.85. The van der Waals surface area contributed by atoms with Crippen molar-refractivity contribution in [2.24, 2.45) is 0 Å². The van der Waals surface area contributed by atoms with Gasteiger partial charge >= 0.3 is 0 Å².